The summed E-state index contributed by atoms with van der Waals surface area (Å²) in [6.45, 7) is 18.4. The van der Waals surface area contributed by atoms with Crippen molar-refractivity contribution in [3.8, 4) is 0 Å². The third kappa shape index (κ3) is 29.6. The van der Waals surface area contributed by atoms with E-state index in [1.807, 2.05) is 0 Å². The van der Waals surface area contributed by atoms with Crippen LogP contribution in [0.1, 0.15) is 33.1 Å². The molecular weight excluding hydrogens is 550 g/mol. The molecule has 1 aliphatic rings. The Morgan fingerprint density at radius 3 is 1.05 bits per heavy atom. The van der Waals surface area contributed by atoms with Gasteiger partial charge >= 0.3 is 0 Å². The molecule has 1 aliphatic heterocycles. The Bertz CT molecular complexity index is 516. The Kier molecular flexibility index (Phi) is 31.5. The van der Waals surface area contributed by atoms with Crippen LogP contribution < -0.4 is 5.32 Å². The molecule has 1 rings (SSSR count). The Hall–Kier alpha value is -0.480. The number of hydrogen-bond donors (Lipinski definition) is 1. The van der Waals surface area contributed by atoms with Crippen molar-refractivity contribution in [3.63, 3.8) is 0 Å². The lowest BCUT2D eigenvalue weighted by atomic mass is 10.1. The predicted molar refractivity (Wildman–Crippen MR) is 159 cm³/mol. The van der Waals surface area contributed by atoms with Crippen LogP contribution in [-0.4, -0.2) is 158 Å². The third-order valence-corrected chi connectivity index (χ3v) is 6.31. The molecule has 42 heavy (non-hydrogen) atoms. The second-order valence-corrected chi connectivity index (χ2v) is 9.92. The average molecular weight is 612 g/mol. The van der Waals surface area contributed by atoms with Gasteiger partial charge in [0.05, 0.1) is 138 Å². The van der Waals surface area contributed by atoms with Crippen LogP contribution >= 0.6 is 0 Å². The molecule has 252 valence electrons. The highest BCUT2D eigenvalue weighted by atomic mass is 16.6. The molecule has 0 spiro atoms. The topological polar surface area (TPSA) is 114 Å². The van der Waals surface area contributed by atoms with Gasteiger partial charge in [-0.2, -0.15) is 0 Å². The highest BCUT2D eigenvalue weighted by molar-refractivity contribution is 4.67. The van der Waals surface area contributed by atoms with Gasteiger partial charge in [-0.1, -0.05) is 20.3 Å². The molecule has 1 unspecified atom stereocenters. The van der Waals surface area contributed by atoms with E-state index >= 15 is 0 Å². The Balaban J connectivity index is 1.61. The SMILES string of the molecule is CCC(C)COCCOCCOCCOCCOCCOCCOCCOCCOCCOCCOC1CCNCC1. The van der Waals surface area contributed by atoms with Crippen LogP contribution in [0.3, 0.4) is 0 Å². The lowest BCUT2D eigenvalue weighted by Crippen LogP contribution is -2.33. The molecule has 0 aromatic heterocycles. The number of nitrogens with one attached hydrogen (secondary N) is 1. The van der Waals surface area contributed by atoms with Gasteiger partial charge in [0.25, 0.3) is 0 Å². The first kappa shape index (κ1) is 39.5. The maximum atomic E-state index is 5.79. The molecule has 0 aromatic carbocycles. The van der Waals surface area contributed by atoms with Crippen molar-refractivity contribution in [2.45, 2.75) is 39.2 Å². The zero-order valence-electron chi connectivity index (χ0n) is 26.5. The highest BCUT2D eigenvalue weighted by Crippen LogP contribution is 2.06. The Morgan fingerprint density at radius 1 is 0.452 bits per heavy atom. The highest BCUT2D eigenvalue weighted by Gasteiger charge is 2.12. The summed E-state index contributed by atoms with van der Waals surface area (Å²) in [4.78, 5) is 0. The molecule has 1 atom stereocenters. The molecule has 12 heteroatoms. The van der Waals surface area contributed by atoms with E-state index < -0.39 is 0 Å². The van der Waals surface area contributed by atoms with Crippen LogP contribution in [0.2, 0.25) is 0 Å². The molecule has 0 bridgehead atoms. The van der Waals surface area contributed by atoms with Crippen molar-refractivity contribution in [2.75, 3.05) is 152 Å². The van der Waals surface area contributed by atoms with Crippen molar-refractivity contribution in [1.29, 1.82) is 0 Å². The fourth-order valence-corrected chi connectivity index (χ4v) is 3.62. The summed E-state index contributed by atoms with van der Waals surface area (Å²) in [6, 6.07) is 0. The molecule has 0 amide bonds. The molecule has 0 saturated carbocycles. The van der Waals surface area contributed by atoms with E-state index in [1.54, 1.807) is 0 Å². The standard InChI is InChI=1S/C30H61NO11/c1-3-29(2)28-41-25-24-39-21-20-37-17-16-35-13-12-33-9-8-32-10-11-34-14-15-36-18-19-38-22-23-40-26-27-42-30-4-6-31-7-5-30/h29-31H,3-28H2,1-2H3. The van der Waals surface area contributed by atoms with Crippen LogP contribution in [0.5, 0.6) is 0 Å². The van der Waals surface area contributed by atoms with E-state index in [0.717, 1.165) is 39.0 Å². The van der Waals surface area contributed by atoms with E-state index in [4.69, 9.17) is 52.1 Å². The van der Waals surface area contributed by atoms with Crippen molar-refractivity contribution in [3.05, 3.63) is 0 Å². The van der Waals surface area contributed by atoms with Gasteiger partial charge in [-0.25, -0.2) is 0 Å². The lowest BCUT2D eigenvalue weighted by molar-refractivity contribution is -0.0325. The Morgan fingerprint density at radius 2 is 0.738 bits per heavy atom. The first-order chi connectivity index (χ1) is 20.8. The first-order valence-electron chi connectivity index (χ1n) is 15.9. The quantitative estimate of drug-likeness (QED) is 0.107. The number of rotatable bonds is 34. The maximum Gasteiger partial charge on any atom is 0.0704 e. The van der Waals surface area contributed by atoms with E-state index in [0.29, 0.717) is 144 Å². The summed E-state index contributed by atoms with van der Waals surface area (Å²) >= 11 is 0. The fourth-order valence-electron chi connectivity index (χ4n) is 3.62. The zero-order valence-corrected chi connectivity index (χ0v) is 26.5. The summed E-state index contributed by atoms with van der Waals surface area (Å²) in [6.07, 6.45) is 3.68. The smallest absolute Gasteiger partial charge is 0.0704 e. The number of piperidine rings is 1. The number of ether oxygens (including phenoxy) is 11. The van der Waals surface area contributed by atoms with Gasteiger partial charge in [0.2, 0.25) is 0 Å². The van der Waals surface area contributed by atoms with Gasteiger partial charge in [0, 0.05) is 6.61 Å². The van der Waals surface area contributed by atoms with Crippen molar-refractivity contribution in [2.24, 2.45) is 5.92 Å². The van der Waals surface area contributed by atoms with Gasteiger partial charge in [0.15, 0.2) is 0 Å². The summed E-state index contributed by atoms with van der Waals surface area (Å²) < 4.78 is 60.7. The van der Waals surface area contributed by atoms with Crippen LogP contribution in [0.15, 0.2) is 0 Å². The minimum atomic E-state index is 0.375. The van der Waals surface area contributed by atoms with E-state index in [2.05, 4.69) is 19.2 Å². The van der Waals surface area contributed by atoms with Crippen LogP contribution in [-0.2, 0) is 52.1 Å². The van der Waals surface area contributed by atoms with Gasteiger partial charge in [-0.15, -0.1) is 0 Å². The monoisotopic (exact) mass is 611 g/mol. The fraction of sp³-hybridized carbons (Fsp3) is 1.00. The third-order valence-electron chi connectivity index (χ3n) is 6.31. The molecular formula is C30H61NO11. The molecule has 0 aliphatic carbocycles. The van der Waals surface area contributed by atoms with Crippen LogP contribution in [0.25, 0.3) is 0 Å². The molecule has 1 fully saturated rings. The van der Waals surface area contributed by atoms with Gasteiger partial charge in [-0.05, 0) is 31.8 Å². The van der Waals surface area contributed by atoms with E-state index in [1.165, 1.54) is 0 Å². The molecule has 1 heterocycles. The molecule has 0 aromatic rings. The minimum Gasteiger partial charge on any atom is -0.379 e. The minimum absolute atomic E-state index is 0.375. The van der Waals surface area contributed by atoms with Crippen molar-refractivity contribution >= 4 is 0 Å². The molecule has 12 nitrogen and oxygen atoms in total. The lowest BCUT2D eigenvalue weighted by Gasteiger charge is -2.22. The molecule has 0 radical (unpaired) electrons. The second kappa shape index (κ2) is 33.4. The second-order valence-electron chi connectivity index (χ2n) is 9.92. The largest absolute Gasteiger partial charge is 0.379 e. The normalized spacial score (nSPS) is 15.0. The van der Waals surface area contributed by atoms with Gasteiger partial charge < -0.3 is 57.4 Å². The predicted octanol–water partition coefficient (Wildman–Crippen LogP) is 1.97. The summed E-state index contributed by atoms with van der Waals surface area (Å²) in [7, 11) is 0. The summed E-state index contributed by atoms with van der Waals surface area (Å²) in [5.74, 6) is 0.601. The van der Waals surface area contributed by atoms with Crippen molar-refractivity contribution in [1.82, 2.24) is 5.32 Å². The molecule has 1 saturated heterocycles. The summed E-state index contributed by atoms with van der Waals surface area (Å²) in [5, 5.41) is 3.33. The van der Waals surface area contributed by atoms with E-state index in [-0.39, 0.29) is 0 Å². The first-order valence-corrected chi connectivity index (χ1v) is 15.9. The Labute approximate surface area is 254 Å². The van der Waals surface area contributed by atoms with Crippen LogP contribution in [0.4, 0.5) is 0 Å². The summed E-state index contributed by atoms with van der Waals surface area (Å²) in [5.41, 5.74) is 0. The zero-order chi connectivity index (χ0) is 30.0. The number of hydrogen-bond acceptors (Lipinski definition) is 12. The maximum absolute atomic E-state index is 5.79. The van der Waals surface area contributed by atoms with E-state index in [9.17, 15) is 0 Å². The van der Waals surface area contributed by atoms with Crippen LogP contribution in [0, 0.1) is 5.92 Å². The molecule has 1 N–H and O–H groups in total. The van der Waals surface area contributed by atoms with Gasteiger partial charge in [0.1, 0.15) is 0 Å². The average Bonchev–Trinajstić information content (AvgIpc) is 3.02. The van der Waals surface area contributed by atoms with Gasteiger partial charge in [-0.3, -0.25) is 0 Å². The van der Waals surface area contributed by atoms with Crippen molar-refractivity contribution < 1.29 is 52.1 Å².